The van der Waals surface area contributed by atoms with Crippen LogP contribution in [0.1, 0.15) is 17.8 Å². The Hall–Kier alpha value is -2.76. The third-order valence-corrected chi connectivity index (χ3v) is 6.55. The summed E-state index contributed by atoms with van der Waals surface area (Å²) in [4.78, 5) is 25.2. The van der Waals surface area contributed by atoms with Gasteiger partial charge in [-0.3, -0.25) is 4.90 Å². The number of thiazole rings is 1. The molecule has 1 saturated heterocycles. The molecule has 3 aromatic rings. The zero-order valence-electron chi connectivity index (χ0n) is 19.0. The number of nitrogens with one attached hydrogen (secondary N) is 1. The standard InChI is InChI=1S/C22H26ClN3O2S.C2H2O4/c23-16-5-3-7-19(11-16)28-15-18(27)14-26-10-4-6-17(13-26)24-12-22-25-20-8-1-2-9-21(20)29-22;3-1(4)2(5)6/h1-3,5,7-9,11,17-18,24,27H,4,6,10,12-15H2;(H,3,4)(H,5,6). The van der Waals surface area contributed by atoms with Crippen molar-refractivity contribution in [3.8, 4) is 5.75 Å². The van der Waals surface area contributed by atoms with Gasteiger partial charge in [-0.1, -0.05) is 29.8 Å². The lowest BCUT2D eigenvalue weighted by Crippen LogP contribution is -2.48. The summed E-state index contributed by atoms with van der Waals surface area (Å²) in [7, 11) is 0. The zero-order valence-corrected chi connectivity index (χ0v) is 20.5. The van der Waals surface area contributed by atoms with Crippen molar-refractivity contribution < 1.29 is 29.6 Å². The molecule has 0 amide bonds. The van der Waals surface area contributed by atoms with Crippen molar-refractivity contribution in [2.45, 2.75) is 31.5 Å². The largest absolute Gasteiger partial charge is 0.491 e. The van der Waals surface area contributed by atoms with Crippen LogP contribution in [-0.4, -0.2) is 75.5 Å². The fraction of sp³-hybridized carbons (Fsp3) is 0.375. The number of carboxylic acids is 2. The van der Waals surface area contributed by atoms with Crippen molar-refractivity contribution in [3.05, 3.63) is 58.6 Å². The van der Waals surface area contributed by atoms with Crippen LogP contribution in [0.5, 0.6) is 5.75 Å². The van der Waals surface area contributed by atoms with E-state index in [1.54, 1.807) is 23.5 Å². The maximum atomic E-state index is 10.4. The number of likely N-dealkylation sites (tertiary alicyclic amines) is 1. The van der Waals surface area contributed by atoms with Crippen molar-refractivity contribution in [2.24, 2.45) is 0 Å². The Morgan fingerprint density at radius 2 is 1.97 bits per heavy atom. The third kappa shape index (κ3) is 9.08. The summed E-state index contributed by atoms with van der Waals surface area (Å²) in [6.45, 7) is 3.60. The summed E-state index contributed by atoms with van der Waals surface area (Å²) in [5.74, 6) is -2.96. The molecule has 188 valence electrons. The van der Waals surface area contributed by atoms with Crippen LogP contribution in [0.25, 0.3) is 10.2 Å². The maximum Gasteiger partial charge on any atom is 0.414 e. The zero-order chi connectivity index (χ0) is 25.2. The van der Waals surface area contributed by atoms with Crippen LogP contribution >= 0.6 is 22.9 Å². The van der Waals surface area contributed by atoms with E-state index in [4.69, 9.17) is 41.1 Å². The fourth-order valence-electron chi connectivity index (χ4n) is 3.72. The molecule has 0 saturated carbocycles. The van der Waals surface area contributed by atoms with Crippen LogP contribution in [0.4, 0.5) is 0 Å². The van der Waals surface area contributed by atoms with Gasteiger partial charge in [0, 0.05) is 30.7 Å². The average molecular weight is 522 g/mol. The Morgan fingerprint density at radius 3 is 2.69 bits per heavy atom. The number of benzene rings is 2. The number of ether oxygens (including phenoxy) is 1. The molecule has 2 atom stereocenters. The number of para-hydroxylation sites is 1. The van der Waals surface area contributed by atoms with E-state index in [2.05, 4.69) is 28.4 Å². The number of hydrogen-bond acceptors (Lipinski definition) is 8. The van der Waals surface area contributed by atoms with E-state index >= 15 is 0 Å². The second-order valence-electron chi connectivity index (χ2n) is 8.09. The van der Waals surface area contributed by atoms with E-state index in [-0.39, 0.29) is 6.61 Å². The van der Waals surface area contributed by atoms with Gasteiger partial charge < -0.3 is 25.4 Å². The van der Waals surface area contributed by atoms with Crippen molar-refractivity contribution in [3.63, 3.8) is 0 Å². The van der Waals surface area contributed by atoms with Crippen LogP contribution in [0, 0.1) is 0 Å². The number of aliphatic hydroxyl groups is 1. The molecular weight excluding hydrogens is 494 g/mol. The summed E-state index contributed by atoms with van der Waals surface area (Å²) in [6, 6.07) is 15.9. The maximum absolute atomic E-state index is 10.4. The first kappa shape index (κ1) is 26.8. The van der Waals surface area contributed by atoms with Gasteiger partial charge in [-0.2, -0.15) is 0 Å². The van der Waals surface area contributed by atoms with Gasteiger partial charge in [0.2, 0.25) is 0 Å². The van der Waals surface area contributed by atoms with Gasteiger partial charge in [-0.25, -0.2) is 14.6 Å². The number of aromatic nitrogens is 1. The molecule has 11 heteroatoms. The minimum atomic E-state index is -1.82. The molecule has 1 aliphatic heterocycles. The molecule has 2 unspecified atom stereocenters. The molecule has 0 radical (unpaired) electrons. The smallest absolute Gasteiger partial charge is 0.414 e. The van der Waals surface area contributed by atoms with Gasteiger partial charge in [-0.15, -0.1) is 11.3 Å². The second-order valence-corrected chi connectivity index (χ2v) is 9.64. The van der Waals surface area contributed by atoms with Gasteiger partial charge in [-0.05, 0) is 49.7 Å². The van der Waals surface area contributed by atoms with E-state index < -0.39 is 18.0 Å². The molecule has 1 aliphatic rings. The Bertz CT molecular complexity index is 1080. The average Bonchev–Trinajstić information content (AvgIpc) is 3.25. The van der Waals surface area contributed by atoms with Crippen LogP contribution < -0.4 is 10.1 Å². The first-order valence-corrected chi connectivity index (χ1v) is 12.3. The number of carbonyl (C=O) groups is 2. The van der Waals surface area contributed by atoms with Gasteiger partial charge in [0.15, 0.2) is 0 Å². The highest BCUT2D eigenvalue weighted by molar-refractivity contribution is 7.18. The highest BCUT2D eigenvalue weighted by Gasteiger charge is 2.22. The van der Waals surface area contributed by atoms with Gasteiger partial charge in [0.05, 0.1) is 10.2 Å². The molecule has 1 aromatic heterocycles. The molecule has 4 rings (SSSR count). The Balaban J connectivity index is 0.000000509. The number of piperidine rings is 1. The molecule has 1 fully saturated rings. The monoisotopic (exact) mass is 521 g/mol. The minimum absolute atomic E-state index is 0.265. The van der Waals surface area contributed by atoms with E-state index in [1.807, 2.05) is 18.2 Å². The highest BCUT2D eigenvalue weighted by Crippen LogP contribution is 2.22. The highest BCUT2D eigenvalue weighted by atomic mass is 35.5. The van der Waals surface area contributed by atoms with Crippen molar-refractivity contribution in [2.75, 3.05) is 26.2 Å². The minimum Gasteiger partial charge on any atom is -0.491 e. The molecule has 2 aromatic carbocycles. The lowest BCUT2D eigenvalue weighted by Gasteiger charge is -2.34. The first-order valence-electron chi connectivity index (χ1n) is 11.1. The number of nitrogens with zero attached hydrogens (tertiary/aromatic N) is 2. The summed E-state index contributed by atoms with van der Waals surface area (Å²) in [5, 5.41) is 30.6. The Kier molecular flexibility index (Phi) is 10.2. The number of halogens is 1. The number of hydrogen-bond donors (Lipinski definition) is 4. The molecule has 2 heterocycles. The molecule has 0 spiro atoms. The molecule has 0 aliphatic carbocycles. The van der Waals surface area contributed by atoms with E-state index in [0.717, 1.165) is 43.0 Å². The number of aliphatic carboxylic acids is 2. The normalized spacial score (nSPS) is 16.8. The molecule has 35 heavy (non-hydrogen) atoms. The van der Waals surface area contributed by atoms with E-state index in [9.17, 15) is 5.11 Å². The topological polar surface area (TPSA) is 132 Å². The second kappa shape index (κ2) is 13.4. The predicted molar refractivity (Wildman–Crippen MR) is 134 cm³/mol. The molecule has 9 nitrogen and oxygen atoms in total. The fourth-order valence-corrected chi connectivity index (χ4v) is 4.81. The number of β-amino-alcohol motifs (C(OH)–C–C–N with tert-alkyl or cyclic N) is 1. The number of carboxylic acid groups (broad SMARTS) is 2. The van der Waals surface area contributed by atoms with Crippen LogP contribution in [0.15, 0.2) is 48.5 Å². The molecular formula is C24H28ClN3O6S. The summed E-state index contributed by atoms with van der Waals surface area (Å²) in [6.07, 6.45) is 1.74. The van der Waals surface area contributed by atoms with Gasteiger partial charge in [0.25, 0.3) is 0 Å². The quantitative estimate of drug-likeness (QED) is 0.330. The third-order valence-electron chi connectivity index (χ3n) is 5.28. The SMILES string of the molecule is O=C(O)C(=O)O.OC(COc1cccc(Cl)c1)CN1CCCC(NCc2nc3ccccc3s2)C1. The van der Waals surface area contributed by atoms with Gasteiger partial charge >= 0.3 is 11.9 Å². The lowest BCUT2D eigenvalue weighted by molar-refractivity contribution is -0.159. The molecule has 4 N–H and O–H groups in total. The van der Waals surface area contributed by atoms with Crippen molar-refractivity contribution in [1.82, 2.24) is 15.2 Å². The number of rotatable bonds is 8. The van der Waals surface area contributed by atoms with Crippen LogP contribution in [-0.2, 0) is 16.1 Å². The van der Waals surface area contributed by atoms with Crippen LogP contribution in [0.2, 0.25) is 5.02 Å². The summed E-state index contributed by atoms with van der Waals surface area (Å²) >= 11 is 7.72. The predicted octanol–water partition coefficient (Wildman–Crippen LogP) is 3.10. The first-order chi connectivity index (χ1) is 16.8. The van der Waals surface area contributed by atoms with Crippen LogP contribution in [0.3, 0.4) is 0 Å². The Morgan fingerprint density at radius 1 is 1.20 bits per heavy atom. The van der Waals surface area contributed by atoms with E-state index in [1.165, 1.54) is 4.70 Å². The Labute approximate surface area is 211 Å². The number of aliphatic hydroxyl groups excluding tert-OH is 1. The summed E-state index contributed by atoms with van der Waals surface area (Å²) < 4.78 is 6.90. The van der Waals surface area contributed by atoms with Gasteiger partial charge in [0.1, 0.15) is 23.5 Å². The van der Waals surface area contributed by atoms with Crippen molar-refractivity contribution in [1.29, 1.82) is 0 Å². The molecule has 0 bridgehead atoms. The lowest BCUT2D eigenvalue weighted by atomic mass is 10.1. The summed E-state index contributed by atoms with van der Waals surface area (Å²) in [5.41, 5.74) is 1.07. The number of fused-ring (bicyclic) bond motifs is 1. The van der Waals surface area contributed by atoms with Crippen molar-refractivity contribution >= 4 is 45.1 Å². The van der Waals surface area contributed by atoms with E-state index in [0.29, 0.717) is 23.4 Å².